The summed E-state index contributed by atoms with van der Waals surface area (Å²) in [4.78, 5) is 7.94. The highest BCUT2D eigenvalue weighted by atomic mass is 35.5. The summed E-state index contributed by atoms with van der Waals surface area (Å²) in [6.07, 6.45) is 4.85. The summed E-state index contributed by atoms with van der Waals surface area (Å²) in [6.45, 7) is 1.54. The van der Waals surface area contributed by atoms with E-state index in [4.69, 9.17) is 16.9 Å². The Labute approximate surface area is 108 Å². The van der Waals surface area contributed by atoms with Gasteiger partial charge in [-0.25, -0.2) is 4.98 Å². The molecule has 3 heterocycles. The lowest BCUT2D eigenvalue weighted by atomic mass is 10.1. The van der Waals surface area contributed by atoms with Crippen LogP contribution in [0.5, 0.6) is 0 Å². The standard InChI is InChI=1S/C11H9ClN6/c12-10-3-8(4-13)5-14-11(10)17-6-9(7-17)18-15-1-2-16-18/h1-3,5,9H,6-7H2. The molecule has 1 saturated heterocycles. The monoisotopic (exact) mass is 260 g/mol. The minimum atomic E-state index is 0.258. The summed E-state index contributed by atoms with van der Waals surface area (Å²) in [5, 5.41) is 17.4. The van der Waals surface area contributed by atoms with Crippen LogP contribution in [0.3, 0.4) is 0 Å². The molecule has 18 heavy (non-hydrogen) atoms. The highest BCUT2D eigenvalue weighted by molar-refractivity contribution is 6.33. The number of hydrogen-bond donors (Lipinski definition) is 0. The number of nitriles is 1. The zero-order valence-electron chi connectivity index (χ0n) is 9.36. The predicted molar refractivity (Wildman–Crippen MR) is 65.2 cm³/mol. The second-order valence-electron chi connectivity index (χ2n) is 4.05. The summed E-state index contributed by atoms with van der Waals surface area (Å²) in [5.41, 5.74) is 0.467. The van der Waals surface area contributed by atoms with Crippen molar-refractivity contribution in [3.05, 3.63) is 35.2 Å². The van der Waals surface area contributed by atoms with Crippen LogP contribution in [-0.2, 0) is 0 Å². The lowest BCUT2D eigenvalue weighted by Crippen LogP contribution is -2.49. The molecule has 0 spiro atoms. The fraction of sp³-hybridized carbons (Fsp3) is 0.273. The maximum absolute atomic E-state index is 8.75. The summed E-state index contributed by atoms with van der Waals surface area (Å²) in [7, 11) is 0. The highest BCUT2D eigenvalue weighted by Crippen LogP contribution is 2.31. The van der Waals surface area contributed by atoms with Gasteiger partial charge in [0, 0.05) is 19.3 Å². The number of anilines is 1. The quantitative estimate of drug-likeness (QED) is 0.813. The molecule has 0 aromatic carbocycles. The number of aromatic nitrogens is 4. The van der Waals surface area contributed by atoms with Crippen molar-refractivity contribution in [2.75, 3.05) is 18.0 Å². The largest absolute Gasteiger partial charge is 0.351 e. The first-order chi connectivity index (χ1) is 8.78. The van der Waals surface area contributed by atoms with Gasteiger partial charge in [-0.05, 0) is 6.07 Å². The van der Waals surface area contributed by atoms with Crippen LogP contribution in [0.25, 0.3) is 0 Å². The van der Waals surface area contributed by atoms with Crippen LogP contribution in [0.4, 0.5) is 5.82 Å². The summed E-state index contributed by atoms with van der Waals surface area (Å²) < 4.78 is 0. The number of rotatable bonds is 2. The lowest BCUT2D eigenvalue weighted by molar-refractivity contribution is 0.331. The van der Waals surface area contributed by atoms with Crippen LogP contribution < -0.4 is 4.90 Å². The number of pyridine rings is 1. The van der Waals surface area contributed by atoms with Crippen molar-refractivity contribution in [2.45, 2.75) is 6.04 Å². The van der Waals surface area contributed by atoms with Crippen molar-refractivity contribution in [2.24, 2.45) is 0 Å². The maximum atomic E-state index is 8.75. The van der Waals surface area contributed by atoms with Crippen LogP contribution in [-0.4, -0.2) is 33.1 Å². The van der Waals surface area contributed by atoms with Gasteiger partial charge in [-0.3, -0.25) is 0 Å². The molecule has 1 fully saturated rings. The molecular formula is C11H9ClN6. The Kier molecular flexibility index (Phi) is 2.61. The molecule has 2 aromatic rings. The fourth-order valence-electron chi connectivity index (χ4n) is 1.91. The van der Waals surface area contributed by atoms with Crippen LogP contribution in [0.1, 0.15) is 11.6 Å². The summed E-state index contributed by atoms with van der Waals surface area (Å²) in [5.74, 6) is 0.707. The van der Waals surface area contributed by atoms with Crippen LogP contribution in [0.2, 0.25) is 5.02 Å². The Hall–Kier alpha value is -2.13. The zero-order valence-corrected chi connectivity index (χ0v) is 10.1. The van der Waals surface area contributed by atoms with Gasteiger partial charge in [0.05, 0.1) is 23.0 Å². The molecule has 0 saturated carbocycles. The van der Waals surface area contributed by atoms with E-state index in [-0.39, 0.29) is 6.04 Å². The third kappa shape index (κ3) is 1.79. The van der Waals surface area contributed by atoms with Gasteiger partial charge in [0.1, 0.15) is 17.9 Å². The smallest absolute Gasteiger partial charge is 0.147 e. The topological polar surface area (TPSA) is 70.6 Å². The van der Waals surface area contributed by atoms with Crippen molar-refractivity contribution < 1.29 is 0 Å². The molecule has 90 valence electrons. The molecule has 3 rings (SSSR count). The van der Waals surface area contributed by atoms with Crippen molar-refractivity contribution >= 4 is 17.4 Å². The van der Waals surface area contributed by atoms with E-state index in [0.717, 1.165) is 13.1 Å². The average Bonchev–Trinajstić information content (AvgIpc) is 2.82. The van der Waals surface area contributed by atoms with Crippen molar-refractivity contribution in [1.29, 1.82) is 5.26 Å². The van der Waals surface area contributed by atoms with Gasteiger partial charge in [-0.1, -0.05) is 11.6 Å². The molecule has 0 unspecified atom stereocenters. The maximum Gasteiger partial charge on any atom is 0.147 e. The van der Waals surface area contributed by atoms with Gasteiger partial charge < -0.3 is 4.90 Å². The fourth-order valence-corrected chi connectivity index (χ4v) is 2.20. The third-order valence-electron chi connectivity index (χ3n) is 2.88. The van der Waals surface area contributed by atoms with Gasteiger partial charge in [-0.15, -0.1) is 0 Å². The molecule has 7 heteroatoms. The summed E-state index contributed by atoms with van der Waals surface area (Å²) >= 11 is 6.09. The SMILES string of the molecule is N#Cc1cnc(N2CC(n3nccn3)C2)c(Cl)c1. The van der Waals surface area contributed by atoms with Gasteiger partial charge in [0.2, 0.25) is 0 Å². The van der Waals surface area contributed by atoms with Crippen LogP contribution in [0.15, 0.2) is 24.7 Å². The minimum Gasteiger partial charge on any atom is -0.351 e. The van der Waals surface area contributed by atoms with Crippen molar-refractivity contribution in [3.63, 3.8) is 0 Å². The molecule has 1 aliphatic rings. The van der Waals surface area contributed by atoms with E-state index in [0.29, 0.717) is 16.4 Å². The Bertz CT molecular complexity index is 596. The minimum absolute atomic E-state index is 0.258. The molecule has 6 nitrogen and oxygen atoms in total. The van der Waals surface area contributed by atoms with Gasteiger partial charge in [0.25, 0.3) is 0 Å². The Morgan fingerprint density at radius 2 is 2.06 bits per heavy atom. The van der Waals surface area contributed by atoms with Crippen molar-refractivity contribution in [3.8, 4) is 6.07 Å². The van der Waals surface area contributed by atoms with Crippen LogP contribution in [0, 0.1) is 11.3 Å². The van der Waals surface area contributed by atoms with Gasteiger partial charge in [0.15, 0.2) is 0 Å². The second kappa shape index (κ2) is 4.27. The first-order valence-electron chi connectivity index (χ1n) is 5.44. The van der Waals surface area contributed by atoms with E-state index in [1.807, 2.05) is 11.0 Å². The first kappa shape index (κ1) is 11.0. The molecular weight excluding hydrogens is 252 g/mol. The first-order valence-corrected chi connectivity index (χ1v) is 5.82. The summed E-state index contributed by atoms with van der Waals surface area (Å²) in [6, 6.07) is 3.90. The lowest BCUT2D eigenvalue weighted by Gasteiger charge is -2.39. The van der Waals surface area contributed by atoms with E-state index in [2.05, 4.69) is 15.2 Å². The third-order valence-corrected chi connectivity index (χ3v) is 3.15. The van der Waals surface area contributed by atoms with E-state index in [9.17, 15) is 0 Å². The number of hydrogen-bond acceptors (Lipinski definition) is 5. The zero-order chi connectivity index (χ0) is 12.5. The van der Waals surface area contributed by atoms with Gasteiger partial charge >= 0.3 is 0 Å². The predicted octanol–water partition coefficient (Wildman–Crippen LogP) is 1.26. The molecule has 0 N–H and O–H groups in total. The van der Waals surface area contributed by atoms with Crippen LogP contribution >= 0.6 is 11.6 Å². The average molecular weight is 261 g/mol. The van der Waals surface area contributed by atoms with E-state index in [1.54, 1.807) is 23.3 Å². The van der Waals surface area contributed by atoms with E-state index < -0.39 is 0 Å². The van der Waals surface area contributed by atoms with Gasteiger partial charge in [-0.2, -0.15) is 20.3 Å². The molecule has 2 aromatic heterocycles. The normalized spacial score (nSPS) is 15.2. The number of halogens is 1. The Morgan fingerprint density at radius 1 is 1.33 bits per heavy atom. The highest BCUT2D eigenvalue weighted by Gasteiger charge is 2.31. The van der Waals surface area contributed by atoms with E-state index in [1.165, 1.54) is 6.20 Å². The number of nitrogens with zero attached hydrogens (tertiary/aromatic N) is 6. The van der Waals surface area contributed by atoms with E-state index >= 15 is 0 Å². The molecule has 0 amide bonds. The molecule has 1 aliphatic heterocycles. The Morgan fingerprint density at radius 3 is 2.67 bits per heavy atom. The molecule has 0 radical (unpaired) electrons. The van der Waals surface area contributed by atoms with Crippen molar-refractivity contribution in [1.82, 2.24) is 20.0 Å². The second-order valence-corrected chi connectivity index (χ2v) is 4.46. The molecule has 0 atom stereocenters. The Balaban J connectivity index is 1.74. The molecule has 0 bridgehead atoms. The molecule has 0 aliphatic carbocycles.